The molecule has 0 spiro atoms. The number of benzene rings is 2. The molecule has 12 heteroatoms. The molecular weight excluding hydrogens is 530 g/mol. The molecule has 2 amide bonds. The average molecular weight is 556 g/mol. The van der Waals surface area contributed by atoms with Gasteiger partial charge in [-0.1, -0.05) is 17.7 Å². The number of nitrogens with zero attached hydrogens (tertiary/aromatic N) is 4. The van der Waals surface area contributed by atoms with Gasteiger partial charge in [0, 0.05) is 56.6 Å². The lowest BCUT2D eigenvalue weighted by atomic mass is 10.1. The van der Waals surface area contributed by atoms with Crippen LogP contribution < -0.4 is 15.1 Å². The molecule has 2 aliphatic rings. The quantitative estimate of drug-likeness (QED) is 0.355. The molecule has 1 aromatic heterocycles. The number of hydrogen-bond donors (Lipinski definition) is 1. The molecule has 0 radical (unpaired) electrons. The Bertz CT molecular complexity index is 1340. The minimum atomic E-state index is -0.471. The maximum atomic E-state index is 12.9. The number of piperazine rings is 1. The number of ether oxygens (including phenoxy) is 1. The fourth-order valence-electron chi connectivity index (χ4n) is 4.63. The highest BCUT2D eigenvalue weighted by molar-refractivity contribution is 7.12. The van der Waals surface area contributed by atoms with Crippen LogP contribution in [-0.4, -0.2) is 74.1 Å². The van der Waals surface area contributed by atoms with Crippen molar-refractivity contribution in [1.82, 2.24) is 4.90 Å². The van der Waals surface area contributed by atoms with Gasteiger partial charge in [0.15, 0.2) is 0 Å². The smallest absolute Gasteiger partial charge is 0.293 e. The predicted molar refractivity (Wildman–Crippen MR) is 148 cm³/mol. The van der Waals surface area contributed by atoms with Crippen LogP contribution in [0.15, 0.2) is 53.9 Å². The van der Waals surface area contributed by atoms with Crippen molar-refractivity contribution in [1.29, 1.82) is 0 Å². The SMILES string of the molecule is O=C(Nc1ccc(N2CCN(C(=O)c3cccs3)CC2)c(Cl)c1)c1ccc(N2CCOCC2)c([N+](=O)[O-])c1. The van der Waals surface area contributed by atoms with Gasteiger partial charge in [0.25, 0.3) is 17.5 Å². The van der Waals surface area contributed by atoms with Crippen LogP contribution in [0.3, 0.4) is 0 Å². The van der Waals surface area contributed by atoms with Crippen molar-refractivity contribution in [3.8, 4) is 0 Å². The van der Waals surface area contributed by atoms with Gasteiger partial charge in [-0.2, -0.15) is 0 Å². The maximum absolute atomic E-state index is 12.9. The van der Waals surface area contributed by atoms with Crippen LogP contribution in [-0.2, 0) is 4.74 Å². The number of amides is 2. The second-order valence-corrected chi connectivity index (χ2v) is 10.3. The zero-order chi connectivity index (χ0) is 26.6. The third-order valence-corrected chi connectivity index (χ3v) is 7.79. The third-order valence-electron chi connectivity index (χ3n) is 6.63. The Morgan fingerprint density at radius 3 is 2.32 bits per heavy atom. The standard InChI is InChI=1S/C26H26ClN5O5S/c27-20-17-19(4-6-21(20)29-7-9-31(10-8-29)26(34)24-2-1-15-38-24)28-25(33)18-3-5-22(23(16-18)32(35)36)30-11-13-37-14-12-30/h1-6,15-17H,7-14H2,(H,28,33). The largest absolute Gasteiger partial charge is 0.378 e. The summed E-state index contributed by atoms with van der Waals surface area (Å²) in [6.07, 6.45) is 0. The summed E-state index contributed by atoms with van der Waals surface area (Å²) in [4.78, 5) is 43.3. The molecule has 0 bridgehead atoms. The second kappa shape index (κ2) is 11.4. The van der Waals surface area contributed by atoms with Crippen molar-refractivity contribution in [2.75, 3.05) is 67.6 Å². The highest BCUT2D eigenvalue weighted by Gasteiger charge is 2.25. The number of rotatable bonds is 6. The highest BCUT2D eigenvalue weighted by atomic mass is 35.5. The summed E-state index contributed by atoms with van der Waals surface area (Å²) in [6, 6.07) is 13.4. The van der Waals surface area contributed by atoms with Crippen molar-refractivity contribution < 1.29 is 19.2 Å². The van der Waals surface area contributed by atoms with Crippen LogP contribution in [0.4, 0.5) is 22.7 Å². The monoisotopic (exact) mass is 555 g/mol. The molecule has 0 unspecified atom stereocenters. The summed E-state index contributed by atoms with van der Waals surface area (Å²) in [5.41, 5.74) is 1.83. The molecule has 2 fully saturated rings. The predicted octanol–water partition coefficient (Wildman–Crippen LogP) is 4.36. The molecule has 5 rings (SSSR count). The van der Waals surface area contributed by atoms with E-state index in [1.165, 1.54) is 17.4 Å². The van der Waals surface area contributed by atoms with Crippen LogP contribution in [0.25, 0.3) is 0 Å². The molecule has 10 nitrogen and oxygen atoms in total. The topological polar surface area (TPSA) is 108 Å². The molecule has 2 aliphatic heterocycles. The van der Waals surface area contributed by atoms with E-state index >= 15 is 0 Å². The Balaban J connectivity index is 1.24. The lowest BCUT2D eigenvalue weighted by molar-refractivity contribution is -0.384. The summed E-state index contributed by atoms with van der Waals surface area (Å²) in [5.74, 6) is -0.423. The molecule has 0 atom stereocenters. The van der Waals surface area contributed by atoms with E-state index in [0.717, 1.165) is 10.6 Å². The lowest BCUT2D eigenvalue weighted by Crippen LogP contribution is -2.48. The summed E-state index contributed by atoms with van der Waals surface area (Å²) >= 11 is 8.01. The number of nitro groups is 1. The van der Waals surface area contributed by atoms with Gasteiger partial charge in [-0.25, -0.2) is 0 Å². The molecule has 0 aliphatic carbocycles. The zero-order valence-corrected chi connectivity index (χ0v) is 22.0. The molecule has 38 heavy (non-hydrogen) atoms. The van der Waals surface area contributed by atoms with Crippen molar-refractivity contribution in [2.24, 2.45) is 0 Å². The third kappa shape index (κ3) is 5.59. The first-order valence-corrected chi connectivity index (χ1v) is 13.5. The number of morpholine rings is 1. The first kappa shape index (κ1) is 26.0. The van der Waals surface area contributed by atoms with E-state index < -0.39 is 10.8 Å². The Morgan fingerprint density at radius 1 is 0.947 bits per heavy atom. The lowest BCUT2D eigenvalue weighted by Gasteiger charge is -2.36. The van der Waals surface area contributed by atoms with Crippen LogP contribution in [0, 0.1) is 10.1 Å². The normalized spacial score (nSPS) is 15.9. The van der Waals surface area contributed by atoms with Crippen LogP contribution in [0.1, 0.15) is 20.0 Å². The zero-order valence-electron chi connectivity index (χ0n) is 20.5. The van der Waals surface area contributed by atoms with E-state index in [-0.39, 0.29) is 17.2 Å². The maximum Gasteiger partial charge on any atom is 0.293 e. The van der Waals surface area contributed by atoms with E-state index in [0.29, 0.717) is 68.9 Å². The molecule has 2 saturated heterocycles. The Morgan fingerprint density at radius 2 is 1.66 bits per heavy atom. The van der Waals surface area contributed by atoms with E-state index in [1.54, 1.807) is 24.3 Å². The summed E-state index contributed by atoms with van der Waals surface area (Å²) in [7, 11) is 0. The molecular formula is C26H26ClN5O5S. The Kier molecular flexibility index (Phi) is 7.77. The van der Waals surface area contributed by atoms with Gasteiger partial charge in [0.05, 0.1) is 33.7 Å². The van der Waals surface area contributed by atoms with Crippen LogP contribution in [0.2, 0.25) is 5.02 Å². The average Bonchev–Trinajstić information content (AvgIpc) is 3.48. The first-order chi connectivity index (χ1) is 18.4. The van der Waals surface area contributed by atoms with Gasteiger partial charge in [-0.15, -0.1) is 11.3 Å². The molecule has 3 heterocycles. The summed E-state index contributed by atoms with van der Waals surface area (Å²) < 4.78 is 5.33. The minimum Gasteiger partial charge on any atom is -0.378 e. The molecule has 2 aromatic carbocycles. The summed E-state index contributed by atoms with van der Waals surface area (Å²) in [5, 5.41) is 16.9. The van der Waals surface area contributed by atoms with Gasteiger partial charge in [0.1, 0.15) is 5.69 Å². The highest BCUT2D eigenvalue weighted by Crippen LogP contribution is 2.32. The van der Waals surface area contributed by atoms with Crippen molar-refractivity contribution in [2.45, 2.75) is 0 Å². The van der Waals surface area contributed by atoms with Crippen molar-refractivity contribution in [3.63, 3.8) is 0 Å². The number of anilines is 3. The number of halogens is 1. The fourth-order valence-corrected chi connectivity index (χ4v) is 5.62. The molecule has 198 valence electrons. The van der Waals surface area contributed by atoms with Crippen molar-refractivity contribution >= 4 is 57.5 Å². The number of carbonyl (C=O) groups is 2. The van der Waals surface area contributed by atoms with E-state index in [4.69, 9.17) is 16.3 Å². The number of nitrogens with one attached hydrogen (secondary N) is 1. The fraction of sp³-hybridized carbons (Fsp3) is 0.308. The number of nitro benzene ring substituents is 1. The van der Waals surface area contributed by atoms with E-state index in [1.807, 2.05) is 33.4 Å². The molecule has 1 N–H and O–H groups in total. The van der Waals surface area contributed by atoms with Gasteiger partial charge < -0.3 is 24.8 Å². The number of carbonyl (C=O) groups excluding carboxylic acids is 2. The van der Waals surface area contributed by atoms with E-state index in [9.17, 15) is 19.7 Å². The minimum absolute atomic E-state index is 0.0435. The van der Waals surface area contributed by atoms with Gasteiger partial charge >= 0.3 is 0 Å². The first-order valence-electron chi connectivity index (χ1n) is 12.2. The number of hydrogen-bond acceptors (Lipinski definition) is 8. The Labute approximate surface area is 228 Å². The Hall–Kier alpha value is -3.67. The van der Waals surface area contributed by atoms with Gasteiger partial charge in [-0.05, 0) is 41.8 Å². The van der Waals surface area contributed by atoms with Crippen LogP contribution in [0.5, 0.6) is 0 Å². The summed E-state index contributed by atoms with van der Waals surface area (Å²) in [6.45, 7) is 4.56. The van der Waals surface area contributed by atoms with Crippen molar-refractivity contribution in [3.05, 3.63) is 79.5 Å². The molecule has 3 aromatic rings. The van der Waals surface area contributed by atoms with Crippen LogP contribution >= 0.6 is 22.9 Å². The second-order valence-electron chi connectivity index (χ2n) is 8.94. The number of thiophene rings is 1. The van der Waals surface area contributed by atoms with E-state index in [2.05, 4.69) is 10.2 Å². The van der Waals surface area contributed by atoms with Gasteiger partial charge in [0.2, 0.25) is 0 Å². The molecule has 0 saturated carbocycles. The van der Waals surface area contributed by atoms with Gasteiger partial charge in [-0.3, -0.25) is 19.7 Å².